The molecule has 0 spiro atoms. The van der Waals surface area contributed by atoms with Crippen molar-refractivity contribution in [2.24, 2.45) is 0 Å². The van der Waals surface area contributed by atoms with Crippen molar-refractivity contribution in [2.75, 3.05) is 23.4 Å². The fourth-order valence-electron chi connectivity index (χ4n) is 3.23. The summed E-state index contributed by atoms with van der Waals surface area (Å²) in [5.74, 6) is 0.852. The molecule has 6 heteroatoms. The minimum atomic E-state index is 0.585. The van der Waals surface area contributed by atoms with Crippen molar-refractivity contribution >= 4 is 34.5 Å². The summed E-state index contributed by atoms with van der Waals surface area (Å²) in [5, 5.41) is 4.15. The lowest BCUT2D eigenvalue weighted by Gasteiger charge is -2.33. The first-order valence-corrected chi connectivity index (χ1v) is 9.42. The summed E-state index contributed by atoms with van der Waals surface area (Å²) in [6.07, 6.45) is 4.23. The topological polar surface area (TPSA) is 50.3 Å². The summed E-state index contributed by atoms with van der Waals surface area (Å²) in [5.41, 5.74) is 5.17. The average molecular weight is 381 g/mol. The van der Waals surface area contributed by atoms with Gasteiger partial charge in [0.2, 0.25) is 0 Å². The van der Waals surface area contributed by atoms with Crippen molar-refractivity contribution in [1.29, 1.82) is 0 Å². The maximum atomic E-state index is 6.42. The number of rotatable bonds is 6. The zero-order valence-corrected chi connectivity index (χ0v) is 15.9. The van der Waals surface area contributed by atoms with Gasteiger partial charge < -0.3 is 15.0 Å². The average Bonchev–Trinajstić information content (AvgIpc) is 2.70. The molecule has 1 aliphatic heterocycles. The molecule has 0 fully saturated rings. The van der Waals surface area contributed by atoms with E-state index in [0.29, 0.717) is 19.8 Å². The van der Waals surface area contributed by atoms with Crippen LogP contribution in [0.3, 0.4) is 0 Å². The summed E-state index contributed by atoms with van der Waals surface area (Å²) in [7, 11) is 0. The highest BCUT2D eigenvalue weighted by Gasteiger charge is 2.25. The molecular weight excluding hydrogens is 360 g/mol. The Balaban J connectivity index is 1.55. The van der Waals surface area contributed by atoms with Crippen LogP contribution in [-0.2, 0) is 17.8 Å². The highest BCUT2D eigenvalue weighted by molar-refractivity contribution is 6.32. The molecule has 5 nitrogen and oxygen atoms in total. The summed E-state index contributed by atoms with van der Waals surface area (Å²) in [6.45, 7) is 3.97. The predicted molar refractivity (Wildman–Crippen MR) is 109 cm³/mol. The molecule has 1 aliphatic rings. The first kappa shape index (κ1) is 17.8. The summed E-state index contributed by atoms with van der Waals surface area (Å²) in [4.78, 5) is 10.8. The number of aryl methyl sites for hydroxylation is 1. The molecule has 0 radical (unpaired) electrons. The van der Waals surface area contributed by atoms with E-state index in [1.54, 1.807) is 12.5 Å². The van der Waals surface area contributed by atoms with Gasteiger partial charge in [0.05, 0.1) is 30.8 Å². The lowest BCUT2D eigenvalue weighted by Crippen LogP contribution is -2.27. The molecule has 3 aromatic rings. The van der Waals surface area contributed by atoms with Gasteiger partial charge in [0, 0.05) is 11.6 Å². The van der Waals surface area contributed by atoms with Gasteiger partial charge in [0.1, 0.15) is 12.0 Å². The number of anilines is 4. The van der Waals surface area contributed by atoms with Gasteiger partial charge >= 0.3 is 0 Å². The van der Waals surface area contributed by atoms with Crippen molar-refractivity contribution in [3.05, 3.63) is 71.1 Å². The third-order valence-electron chi connectivity index (χ3n) is 4.62. The van der Waals surface area contributed by atoms with E-state index in [9.17, 15) is 0 Å². The van der Waals surface area contributed by atoms with Crippen molar-refractivity contribution < 1.29 is 4.74 Å². The lowest BCUT2D eigenvalue weighted by atomic mass is 10.1. The first-order valence-electron chi connectivity index (χ1n) is 9.05. The molecule has 0 amide bonds. The van der Waals surface area contributed by atoms with E-state index in [0.717, 1.165) is 39.9 Å². The van der Waals surface area contributed by atoms with Crippen LogP contribution in [0, 0.1) is 0 Å². The number of nitrogens with zero attached hydrogens (tertiary/aromatic N) is 3. The van der Waals surface area contributed by atoms with E-state index in [-0.39, 0.29) is 0 Å². The third-order valence-corrected chi connectivity index (χ3v) is 4.98. The largest absolute Gasteiger partial charge is 0.375 e. The number of ether oxygens (including phenoxy) is 1. The Kier molecular flexibility index (Phi) is 5.23. The van der Waals surface area contributed by atoms with E-state index in [1.165, 1.54) is 5.56 Å². The van der Waals surface area contributed by atoms with Gasteiger partial charge in [0.15, 0.2) is 5.82 Å². The minimum absolute atomic E-state index is 0.585. The molecule has 1 N–H and O–H groups in total. The van der Waals surface area contributed by atoms with Crippen LogP contribution in [0.1, 0.15) is 18.1 Å². The van der Waals surface area contributed by atoms with Gasteiger partial charge in [-0.25, -0.2) is 9.97 Å². The second kappa shape index (κ2) is 7.94. The maximum absolute atomic E-state index is 6.42. The van der Waals surface area contributed by atoms with Crippen molar-refractivity contribution in [1.82, 2.24) is 9.97 Å². The fourth-order valence-corrected chi connectivity index (χ4v) is 3.53. The van der Waals surface area contributed by atoms with Crippen LogP contribution < -0.4 is 10.2 Å². The molecule has 2 aromatic carbocycles. The molecule has 1 aromatic heterocycles. The zero-order chi connectivity index (χ0) is 18.6. The van der Waals surface area contributed by atoms with Crippen LogP contribution in [0.25, 0.3) is 0 Å². The second-order valence-corrected chi connectivity index (χ2v) is 6.80. The van der Waals surface area contributed by atoms with Crippen molar-refractivity contribution in [3.8, 4) is 0 Å². The highest BCUT2D eigenvalue weighted by atomic mass is 35.5. The molecule has 0 bridgehead atoms. The summed E-state index contributed by atoms with van der Waals surface area (Å²) in [6, 6.07) is 14.3. The van der Waals surface area contributed by atoms with E-state index < -0.39 is 0 Å². The highest BCUT2D eigenvalue weighted by Crippen LogP contribution is 2.43. The predicted octanol–water partition coefficient (Wildman–Crippen LogP) is 5.10. The van der Waals surface area contributed by atoms with Crippen molar-refractivity contribution in [3.63, 3.8) is 0 Å². The number of nitrogens with one attached hydrogen (secondary N) is 1. The number of fused-ring (bicyclic) bond motifs is 2. The Morgan fingerprint density at radius 3 is 2.81 bits per heavy atom. The summed E-state index contributed by atoms with van der Waals surface area (Å²) >= 11 is 6.42. The molecule has 27 heavy (non-hydrogen) atoms. The fraction of sp³-hybridized carbons (Fsp3) is 0.238. The van der Waals surface area contributed by atoms with E-state index >= 15 is 0 Å². The molecule has 138 valence electrons. The Labute approximate surface area is 164 Å². The van der Waals surface area contributed by atoms with E-state index in [4.69, 9.17) is 16.3 Å². The van der Waals surface area contributed by atoms with Gasteiger partial charge in [-0.3, -0.25) is 0 Å². The maximum Gasteiger partial charge on any atom is 0.160 e. The van der Waals surface area contributed by atoms with Gasteiger partial charge in [-0.15, -0.1) is 0 Å². The number of hydrogen-bond donors (Lipinski definition) is 1. The van der Waals surface area contributed by atoms with E-state index in [2.05, 4.69) is 45.3 Å². The van der Waals surface area contributed by atoms with Crippen LogP contribution in [0.5, 0.6) is 0 Å². The quantitative estimate of drug-likeness (QED) is 0.602. The number of benzene rings is 2. The smallest absolute Gasteiger partial charge is 0.160 e. The Bertz CT molecular complexity index is 933. The van der Waals surface area contributed by atoms with E-state index in [1.807, 2.05) is 24.3 Å². The van der Waals surface area contributed by atoms with Gasteiger partial charge in [0.25, 0.3) is 0 Å². The van der Waals surface area contributed by atoms with Crippen LogP contribution in [0.15, 0.2) is 55.0 Å². The van der Waals surface area contributed by atoms with Gasteiger partial charge in [-0.2, -0.15) is 0 Å². The normalized spacial score (nSPS) is 12.3. The SMILES string of the molecule is CCc1cc2c(cc1Cl)Nc1cncnc1N2CCOCc1ccccc1. The number of hydrogen-bond acceptors (Lipinski definition) is 5. The molecule has 0 saturated carbocycles. The Morgan fingerprint density at radius 2 is 2.00 bits per heavy atom. The molecule has 2 heterocycles. The minimum Gasteiger partial charge on any atom is -0.375 e. The summed E-state index contributed by atoms with van der Waals surface area (Å²) < 4.78 is 5.90. The first-order chi connectivity index (χ1) is 13.3. The molecule has 0 atom stereocenters. The molecule has 0 aliphatic carbocycles. The second-order valence-electron chi connectivity index (χ2n) is 6.39. The van der Waals surface area contributed by atoms with Crippen LogP contribution in [-0.4, -0.2) is 23.1 Å². The lowest BCUT2D eigenvalue weighted by molar-refractivity contribution is 0.128. The Hall–Kier alpha value is -2.63. The van der Waals surface area contributed by atoms with Crippen LogP contribution in [0.2, 0.25) is 5.02 Å². The molecule has 0 saturated heterocycles. The van der Waals surface area contributed by atoms with Crippen LogP contribution in [0.4, 0.5) is 22.9 Å². The molecular formula is C21H21ClN4O. The Morgan fingerprint density at radius 1 is 1.15 bits per heavy atom. The van der Waals surface area contributed by atoms with Gasteiger partial charge in [-0.1, -0.05) is 48.9 Å². The third kappa shape index (κ3) is 3.75. The standard InChI is InChI=1S/C21H21ClN4O/c1-2-16-10-20-18(11-17(16)22)25-19-12-23-14-24-21(19)26(20)8-9-27-13-15-6-4-3-5-7-15/h3-7,10-12,14,25H,2,8-9,13H2,1H3. The van der Waals surface area contributed by atoms with Crippen molar-refractivity contribution in [2.45, 2.75) is 20.0 Å². The number of aromatic nitrogens is 2. The monoisotopic (exact) mass is 380 g/mol. The number of halogens is 1. The van der Waals surface area contributed by atoms with Crippen LogP contribution >= 0.6 is 11.6 Å². The van der Waals surface area contributed by atoms with Gasteiger partial charge in [-0.05, 0) is 29.7 Å². The molecule has 4 rings (SSSR count). The molecule has 0 unspecified atom stereocenters. The zero-order valence-electron chi connectivity index (χ0n) is 15.2.